The molecule has 0 saturated carbocycles. The van der Waals surface area contributed by atoms with Crippen molar-refractivity contribution in [3.05, 3.63) is 59.8 Å². The number of hydrogen-bond acceptors (Lipinski definition) is 3. The Balaban J connectivity index is 1.74. The Bertz CT molecular complexity index is 587. The Hall–Kier alpha value is -2.56. The first kappa shape index (κ1) is 15.8. The molecule has 22 heavy (non-hydrogen) atoms. The fraction of sp³-hybridized carbons (Fsp3) is 0.294. The molecule has 2 aromatic rings. The minimum Gasteiger partial charge on any atom is -0.478 e. The topological polar surface area (TPSA) is 63.2 Å². The summed E-state index contributed by atoms with van der Waals surface area (Å²) in [7, 11) is 0. The van der Waals surface area contributed by atoms with Crippen molar-refractivity contribution in [1.29, 1.82) is 0 Å². The Labute approximate surface area is 130 Å². The highest BCUT2D eigenvalue weighted by atomic mass is 16.5. The van der Waals surface area contributed by atoms with E-state index in [9.17, 15) is 4.79 Å². The van der Waals surface area contributed by atoms with Crippen LogP contribution >= 0.6 is 0 Å². The molecule has 0 atom stereocenters. The van der Waals surface area contributed by atoms with E-state index in [0.29, 0.717) is 25.6 Å². The first-order valence-corrected chi connectivity index (χ1v) is 7.42. The number of nitrogens with one attached hydrogen (secondary N) is 2. The molecule has 1 heterocycles. The monoisotopic (exact) mass is 299 g/mol. The number of carbonyl (C=O) groups is 1. The smallest absolute Gasteiger partial charge is 0.315 e. The van der Waals surface area contributed by atoms with E-state index in [2.05, 4.69) is 15.6 Å². The number of ether oxygens (including phenoxy) is 1. The van der Waals surface area contributed by atoms with Crippen molar-refractivity contribution in [3.8, 4) is 5.88 Å². The van der Waals surface area contributed by atoms with E-state index < -0.39 is 0 Å². The third-order valence-corrected chi connectivity index (χ3v) is 3.11. The summed E-state index contributed by atoms with van der Waals surface area (Å²) in [4.78, 5) is 15.9. The lowest BCUT2D eigenvalue weighted by Crippen LogP contribution is -2.36. The van der Waals surface area contributed by atoms with Gasteiger partial charge in [0.2, 0.25) is 5.88 Å². The first-order chi connectivity index (χ1) is 10.8. The minimum absolute atomic E-state index is 0.192. The predicted molar refractivity (Wildman–Crippen MR) is 85.8 cm³/mol. The molecule has 0 aliphatic rings. The largest absolute Gasteiger partial charge is 0.478 e. The molecular weight excluding hydrogens is 278 g/mol. The third kappa shape index (κ3) is 5.09. The number of nitrogens with zero attached hydrogens (tertiary/aromatic N) is 1. The second-order valence-electron chi connectivity index (χ2n) is 4.75. The molecule has 116 valence electrons. The third-order valence-electron chi connectivity index (χ3n) is 3.11. The van der Waals surface area contributed by atoms with Crippen molar-refractivity contribution in [1.82, 2.24) is 15.6 Å². The molecule has 1 aromatic carbocycles. The SMILES string of the molecule is CCOc1ncccc1CNC(=O)NCCc1ccccc1. The highest BCUT2D eigenvalue weighted by Gasteiger charge is 2.06. The van der Waals surface area contributed by atoms with Gasteiger partial charge in [0.15, 0.2) is 0 Å². The van der Waals surface area contributed by atoms with Crippen LogP contribution in [0.4, 0.5) is 4.79 Å². The van der Waals surface area contributed by atoms with Crippen LogP contribution in [-0.2, 0) is 13.0 Å². The van der Waals surface area contributed by atoms with Crippen LogP contribution in [0.5, 0.6) is 5.88 Å². The standard InChI is InChI=1S/C17H21N3O2/c1-2-22-16-15(9-6-11-18-16)13-20-17(21)19-12-10-14-7-4-3-5-8-14/h3-9,11H,2,10,12-13H2,1H3,(H2,19,20,21). The van der Waals surface area contributed by atoms with Crippen molar-refractivity contribution in [2.75, 3.05) is 13.2 Å². The molecule has 0 fully saturated rings. The number of amides is 2. The van der Waals surface area contributed by atoms with E-state index in [1.54, 1.807) is 6.20 Å². The fourth-order valence-electron chi connectivity index (χ4n) is 2.03. The van der Waals surface area contributed by atoms with E-state index in [1.165, 1.54) is 5.56 Å². The highest BCUT2D eigenvalue weighted by molar-refractivity contribution is 5.73. The number of pyridine rings is 1. The van der Waals surface area contributed by atoms with Crippen molar-refractivity contribution in [2.24, 2.45) is 0 Å². The van der Waals surface area contributed by atoms with Gasteiger partial charge in [-0.2, -0.15) is 0 Å². The molecule has 2 N–H and O–H groups in total. The maximum Gasteiger partial charge on any atom is 0.315 e. The molecule has 1 aromatic heterocycles. The summed E-state index contributed by atoms with van der Waals surface area (Å²) < 4.78 is 5.43. The lowest BCUT2D eigenvalue weighted by Gasteiger charge is -2.10. The summed E-state index contributed by atoms with van der Waals surface area (Å²) >= 11 is 0. The number of aromatic nitrogens is 1. The van der Waals surface area contributed by atoms with Crippen molar-refractivity contribution < 1.29 is 9.53 Å². The second kappa shape index (κ2) is 8.67. The fourth-order valence-corrected chi connectivity index (χ4v) is 2.03. The van der Waals surface area contributed by atoms with Crippen LogP contribution in [0.1, 0.15) is 18.1 Å². The average Bonchev–Trinajstić information content (AvgIpc) is 2.55. The van der Waals surface area contributed by atoms with Gasteiger partial charge in [-0.05, 0) is 25.0 Å². The summed E-state index contributed by atoms with van der Waals surface area (Å²) in [5.41, 5.74) is 2.07. The summed E-state index contributed by atoms with van der Waals surface area (Å²) in [5, 5.41) is 5.66. The lowest BCUT2D eigenvalue weighted by atomic mass is 10.1. The van der Waals surface area contributed by atoms with Gasteiger partial charge < -0.3 is 15.4 Å². The Kier molecular flexibility index (Phi) is 6.23. The summed E-state index contributed by atoms with van der Waals surface area (Å²) in [6.45, 7) is 3.44. The zero-order valence-corrected chi connectivity index (χ0v) is 12.7. The average molecular weight is 299 g/mol. The quantitative estimate of drug-likeness (QED) is 0.826. The number of hydrogen-bond donors (Lipinski definition) is 2. The van der Waals surface area contributed by atoms with E-state index in [4.69, 9.17) is 4.74 Å². The van der Waals surface area contributed by atoms with Crippen molar-refractivity contribution in [2.45, 2.75) is 19.9 Å². The van der Waals surface area contributed by atoms with Crippen LogP contribution in [0.25, 0.3) is 0 Å². The minimum atomic E-state index is -0.192. The number of rotatable bonds is 7. The first-order valence-electron chi connectivity index (χ1n) is 7.42. The van der Waals surface area contributed by atoms with Crippen LogP contribution in [0.3, 0.4) is 0 Å². The number of carbonyl (C=O) groups excluding carboxylic acids is 1. The van der Waals surface area contributed by atoms with Crippen LogP contribution in [-0.4, -0.2) is 24.2 Å². The molecule has 0 unspecified atom stereocenters. The normalized spacial score (nSPS) is 10.0. The summed E-state index contributed by atoms with van der Waals surface area (Å²) in [6, 6.07) is 13.6. The molecule has 5 heteroatoms. The summed E-state index contributed by atoms with van der Waals surface area (Å²) in [6.07, 6.45) is 2.49. The molecule has 0 aliphatic heterocycles. The van der Waals surface area contributed by atoms with Gasteiger partial charge in [-0.1, -0.05) is 36.4 Å². The van der Waals surface area contributed by atoms with Gasteiger partial charge in [-0.3, -0.25) is 0 Å². The maximum atomic E-state index is 11.8. The lowest BCUT2D eigenvalue weighted by molar-refractivity contribution is 0.240. The second-order valence-corrected chi connectivity index (χ2v) is 4.75. The Morgan fingerprint density at radius 2 is 1.95 bits per heavy atom. The molecule has 2 rings (SSSR count). The molecule has 5 nitrogen and oxygen atoms in total. The number of urea groups is 1. The van der Waals surface area contributed by atoms with Crippen molar-refractivity contribution in [3.63, 3.8) is 0 Å². The van der Waals surface area contributed by atoms with Gasteiger partial charge in [-0.25, -0.2) is 9.78 Å². The van der Waals surface area contributed by atoms with E-state index >= 15 is 0 Å². The molecule has 2 amide bonds. The van der Waals surface area contributed by atoms with Gasteiger partial charge in [0.1, 0.15) is 0 Å². The zero-order chi connectivity index (χ0) is 15.6. The molecule has 0 saturated heterocycles. The Morgan fingerprint density at radius 3 is 2.73 bits per heavy atom. The molecule has 0 spiro atoms. The molecule has 0 aliphatic carbocycles. The van der Waals surface area contributed by atoms with E-state index in [0.717, 1.165) is 12.0 Å². The predicted octanol–water partition coefficient (Wildman–Crippen LogP) is 2.52. The van der Waals surface area contributed by atoms with Crippen LogP contribution in [0, 0.1) is 0 Å². The van der Waals surface area contributed by atoms with E-state index in [-0.39, 0.29) is 6.03 Å². The summed E-state index contributed by atoms with van der Waals surface area (Å²) in [5.74, 6) is 0.564. The van der Waals surface area contributed by atoms with Crippen molar-refractivity contribution >= 4 is 6.03 Å². The van der Waals surface area contributed by atoms with Gasteiger partial charge in [0.25, 0.3) is 0 Å². The van der Waals surface area contributed by atoms with Crippen LogP contribution in [0.15, 0.2) is 48.7 Å². The van der Waals surface area contributed by atoms with Gasteiger partial charge in [0, 0.05) is 24.8 Å². The molecule has 0 radical (unpaired) electrons. The molecular formula is C17H21N3O2. The van der Waals surface area contributed by atoms with E-state index in [1.807, 2.05) is 49.4 Å². The Morgan fingerprint density at radius 1 is 1.14 bits per heavy atom. The number of benzene rings is 1. The molecule has 0 bridgehead atoms. The van der Waals surface area contributed by atoms with Gasteiger partial charge >= 0.3 is 6.03 Å². The van der Waals surface area contributed by atoms with Gasteiger partial charge in [0.05, 0.1) is 6.61 Å². The van der Waals surface area contributed by atoms with Crippen LogP contribution in [0.2, 0.25) is 0 Å². The maximum absolute atomic E-state index is 11.8. The van der Waals surface area contributed by atoms with Crippen LogP contribution < -0.4 is 15.4 Å². The van der Waals surface area contributed by atoms with Gasteiger partial charge in [-0.15, -0.1) is 0 Å². The highest BCUT2D eigenvalue weighted by Crippen LogP contribution is 2.13. The zero-order valence-electron chi connectivity index (χ0n) is 12.7.